The molecule has 0 fully saturated rings. The number of nitrogens with zero attached hydrogens (tertiary/aromatic N) is 3. The highest BCUT2D eigenvalue weighted by Gasteiger charge is 2.13. The molecule has 0 aliphatic carbocycles. The van der Waals surface area contributed by atoms with Crippen molar-refractivity contribution >= 4 is 28.4 Å². The maximum absolute atomic E-state index is 11.4. The molecule has 2 aromatic heterocycles. The van der Waals surface area contributed by atoms with Crippen LogP contribution in [0.1, 0.15) is 18.2 Å². The topological polar surface area (TPSA) is 95.5 Å². The Morgan fingerprint density at radius 3 is 2.59 bits per heavy atom. The van der Waals surface area contributed by atoms with Gasteiger partial charge in [0.1, 0.15) is 24.5 Å². The van der Waals surface area contributed by atoms with Crippen LogP contribution in [0.4, 0.5) is 11.5 Å². The number of ether oxygens (including phenoxy) is 3. The summed E-state index contributed by atoms with van der Waals surface area (Å²) in [5.41, 5.74) is 3.30. The van der Waals surface area contributed by atoms with E-state index in [1.165, 1.54) is 20.4 Å². The Labute approximate surface area is 185 Å². The fraction of sp³-hybridized carbons (Fsp3) is 0.167. The van der Waals surface area contributed by atoms with E-state index in [1.807, 2.05) is 43.3 Å². The van der Waals surface area contributed by atoms with Crippen molar-refractivity contribution < 1.29 is 19.0 Å². The molecule has 4 rings (SSSR count). The normalized spacial score (nSPS) is 10.6. The van der Waals surface area contributed by atoms with Crippen molar-refractivity contribution in [1.82, 2.24) is 15.0 Å². The van der Waals surface area contributed by atoms with Crippen molar-refractivity contribution in [3.05, 3.63) is 72.3 Å². The van der Waals surface area contributed by atoms with Crippen molar-refractivity contribution in [2.75, 3.05) is 12.4 Å². The molecular weight excluding hydrogens is 408 g/mol. The van der Waals surface area contributed by atoms with Gasteiger partial charge in [-0.25, -0.2) is 9.97 Å². The molecule has 2 aromatic carbocycles. The Balaban J connectivity index is 1.57. The van der Waals surface area contributed by atoms with Gasteiger partial charge in [0.2, 0.25) is 0 Å². The molecule has 0 aliphatic rings. The van der Waals surface area contributed by atoms with E-state index in [2.05, 4.69) is 20.3 Å². The number of esters is 1. The lowest BCUT2D eigenvalue weighted by molar-refractivity contribution is -0.132. The summed E-state index contributed by atoms with van der Waals surface area (Å²) >= 11 is 0. The molecule has 162 valence electrons. The third-order valence-corrected chi connectivity index (χ3v) is 4.71. The third-order valence-electron chi connectivity index (χ3n) is 4.71. The largest absolute Gasteiger partial charge is 0.493 e. The smallest absolute Gasteiger partial charge is 0.308 e. The summed E-state index contributed by atoms with van der Waals surface area (Å²) in [6, 6.07) is 14.9. The number of nitrogens with one attached hydrogen (secondary N) is 1. The molecule has 0 saturated heterocycles. The van der Waals surface area contributed by atoms with Crippen LogP contribution in [0.25, 0.3) is 10.9 Å². The molecule has 0 aliphatic heterocycles. The molecule has 0 atom stereocenters. The number of aryl methyl sites for hydroxylation is 1. The minimum Gasteiger partial charge on any atom is -0.493 e. The summed E-state index contributed by atoms with van der Waals surface area (Å²) in [7, 11) is 1.51. The second kappa shape index (κ2) is 9.30. The summed E-state index contributed by atoms with van der Waals surface area (Å²) in [5, 5.41) is 4.05. The molecule has 32 heavy (non-hydrogen) atoms. The SMILES string of the molecule is COc1cc2c(Nc3ccc(OCc4ccccn4)c(C)c3)ncnc2cc1OC(C)=O. The molecule has 0 radical (unpaired) electrons. The molecule has 0 amide bonds. The first kappa shape index (κ1) is 21.0. The standard InChI is InChI=1S/C24H22N4O4/c1-15-10-17(7-8-21(15)31-13-18-6-4-5-9-25-18)28-24-19-11-22(30-3)23(32-16(2)29)12-20(19)26-14-27-24/h4-12,14H,13H2,1-3H3,(H,26,27,28). The lowest BCUT2D eigenvalue weighted by Gasteiger charge is -2.14. The highest BCUT2D eigenvalue weighted by molar-refractivity contribution is 5.93. The van der Waals surface area contributed by atoms with Crippen LogP contribution in [0.3, 0.4) is 0 Å². The predicted octanol–water partition coefficient (Wildman–Crippen LogP) is 4.59. The Morgan fingerprint density at radius 2 is 1.88 bits per heavy atom. The van der Waals surface area contributed by atoms with Crippen LogP contribution in [0.5, 0.6) is 17.2 Å². The van der Waals surface area contributed by atoms with Gasteiger partial charge in [-0.2, -0.15) is 0 Å². The minimum absolute atomic E-state index is 0.308. The molecule has 8 heteroatoms. The van der Waals surface area contributed by atoms with Gasteiger partial charge in [-0.05, 0) is 48.9 Å². The van der Waals surface area contributed by atoms with Gasteiger partial charge >= 0.3 is 5.97 Å². The van der Waals surface area contributed by atoms with E-state index in [0.717, 1.165) is 28.1 Å². The van der Waals surface area contributed by atoms with Crippen LogP contribution >= 0.6 is 0 Å². The number of anilines is 2. The number of hydrogen-bond acceptors (Lipinski definition) is 8. The van der Waals surface area contributed by atoms with Crippen molar-refractivity contribution in [1.29, 1.82) is 0 Å². The van der Waals surface area contributed by atoms with Crippen LogP contribution in [0.2, 0.25) is 0 Å². The molecule has 0 saturated carbocycles. The number of rotatable bonds is 7. The van der Waals surface area contributed by atoms with E-state index in [0.29, 0.717) is 29.4 Å². The zero-order chi connectivity index (χ0) is 22.5. The van der Waals surface area contributed by atoms with Gasteiger partial charge in [-0.3, -0.25) is 9.78 Å². The number of benzene rings is 2. The highest BCUT2D eigenvalue weighted by atomic mass is 16.6. The van der Waals surface area contributed by atoms with Gasteiger partial charge in [-0.1, -0.05) is 6.07 Å². The van der Waals surface area contributed by atoms with Crippen molar-refractivity contribution in [3.8, 4) is 17.2 Å². The summed E-state index contributed by atoms with van der Waals surface area (Å²) < 4.78 is 16.5. The maximum Gasteiger partial charge on any atom is 0.308 e. The zero-order valence-corrected chi connectivity index (χ0v) is 18.0. The Bertz CT molecular complexity index is 1260. The van der Waals surface area contributed by atoms with Crippen LogP contribution in [-0.4, -0.2) is 28.0 Å². The Morgan fingerprint density at radius 1 is 1.00 bits per heavy atom. The fourth-order valence-corrected chi connectivity index (χ4v) is 3.22. The first-order valence-electron chi connectivity index (χ1n) is 9.95. The third kappa shape index (κ3) is 4.75. The van der Waals surface area contributed by atoms with Gasteiger partial charge in [0, 0.05) is 30.3 Å². The molecule has 0 spiro atoms. The number of fused-ring (bicyclic) bond motifs is 1. The Kier molecular flexibility index (Phi) is 6.12. The van der Waals surface area contributed by atoms with Crippen LogP contribution in [-0.2, 0) is 11.4 Å². The van der Waals surface area contributed by atoms with Crippen molar-refractivity contribution in [2.24, 2.45) is 0 Å². The molecule has 0 unspecified atom stereocenters. The second-order valence-corrected chi connectivity index (χ2v) is 7.05. The van der Waals surface area contributed by atoms with Crippen LogP contribution in [0.15, 0.2) is 61.1 Å². The first-order chi connectivity index (χ1) is 15.5. The maximum atomic E-state index is 11.4. The van der Waals surface area contributed by atoms with Crippen LogP contribution in [0, 0.1) is 6.92 Å². The summed E-state index contributed by atoms with van der Waals surface area (Å²) in [5.74, 6) is 1.67. The van der Waals surface area contributed by atoms with Gasteiger partial charge < -0.3 is 19.5 Å². The number of carbonyl (C=O) groups excluding carboxylic acids is 1. The number of hydrogen-bond donors (Lipinski definition) is 1. The zero-order valence-electron chi connectivity index (χ0n) is 18.0. The van der Waals surface area contributed by atoms with E-state index < -0.39 is 5.97 Å². The van der Waals surface area contributed by atoms with Crippen LogP contribution < -0.4 is 19.5 Å². The van der Waals surface area contributed by atoms with E-state index >= 15 is 0 Å². The number of pyridine rings is 1. The van der Waals surface area contributed by atoms with E-state index in [1.54, 1.807) is 18.3 Å². The molecule has 1 N–H and O–H groups in total. The lowest BCUT2D eigenvalue weighted by atomic mass is 10.1. The lowest BCUT2D eigenvalue weighted by Crippen LogP contribution is -2.04. The Hall–Kier alpha value is -4.20. The quantitative estimate of drug-likeness (QED) is 0.336. The average Bonchev–Trinajstić information content (AvgIpc) is 2.78. The molecule has 2 heterocycles. The van der Waals surface area contributed by atoms with Gasteiger partial charge in [-0.15, -0.1) is 0 Å². The van der Waals surface area contributed by atoms with Gasteiger partial charge in [0.25, 0.3) is 0 Å². The average molecular weight is 430 g/mol. The summed E-state index contributed by atoms with van der Waals surface area (Å²) in [6.45, 7) is 3.71. The van der Waals surface area contributed by atoms with E-state index in [4.69, 9.17) is 14.2 Å². The monoisotopic (exact) mass is 430 g/mol. The number of aromatic nitrogens is 3. The molecule has 4 aromatic rings. The van der Waals surface area contributed by atoms with Gasteiger partial charge in [0.05, 0.1) is 18.3 Å². The number of methoxy groups -OCH3 is 1. The summed E-state index contributed by atoms with van der Waals surface area (Å²) in [6.07, 6.45) is 3.20. The number of carbonyl (C=O) groups is 1. The van der Waals surface area contributed by atoms with Gasteiger partial charge in [0.15, 0.2) is 11.5 Å². The first-order valence-corrected chi connectivity index (χ1v) is 9.95. The highest BCUT2D eigenvalue weighted by Crippen LogP contribution is 2.35. The van der Waals surface area contributed by atoms with Crippen molar-refractivity contribution in [3.63, 3.8) is 0 Å². The van der Waals surface area contributed by atoms with E-state index in [-0.39, 0.29) is 0 Å². The van der Waals surface area contributed by atoms with Crippen molar-refractivity contribution in [2.45, 2.75) is 20.5 Å². The second-order valence-electron chi connectivity index (χ2n) is 7.05. The molecule has 8 nitrogen and oxygen atoms in total. The van der Waals surface area contributed by atoms with E-state index in [9.17, 15) is 4.79 Å². The molecule has 0 bridgehead atoms. The minimum atomic E-state index is -0.434. The molecular formula is C24H22N4O4. The predicted molar refractivity (Wildman–Crippen MR) is 120 cm³/mol. The fourth-order valence-electron chi connectivity index (χ4n) is 3.22. The summed E-state index contributed by atoms with van der Waals surface area (Å²) in [4.78, 5) is 24.3.